The van der Waals surface area contributed by atoms with Gasteiger partial charge in [0, 0.05) is 11.0 Å². The van der Waals surface area contributed by atoms with Gasteiger partial charge >= 0.3 is 0 Å². The van der Waals surface area contributed by atoms with Crippen LogP contribution in [0, 0.1) is 0 Å². The number of carbonyl (C=O) groups is 1. The van der Waals surface area contributed by atoms with Crippen LogP contribution in [0.15, 0.2) is 52.1 Å². The van der Waals surface area contributed by atoms with Gasteiger partial charge in [-0.1, -0.05) is 39.8 Å². The number of phenolic OH excluding ortho intramolecular Hbond substituents is 1. The summed E-state index contributed by atoms with van der Waals surface area (Å²) in [5.41, 5.74) is 1.22. The number of hydrogen-bond donors (Lipinski definition) is 2. The zero-order chi connectivity index (χ0) is 20.8. The molecule has 9 heteroatoms. The molecule has 29 heavy (non-hydrogen) atoms. The maximum Gasteiger partial charge on any atom is 0.234 e. The van der Waals surface area contributed by atoms with Crippen LogP contribution in [0.2, 0.25) is 0 Å². The highest BCUT2D eigenvalue weighted by Crippen LogP contribution is 2.32. The predicted octanol–water partition coefficient (Wildman–Crippen LogP) is 4.56. The Labute approximate surface area is 181 Å². The number of ether oxygens (including phenoxy) is 1. The van der Waals surface area contributed by atoms with Gasteiger partial charge in [0.15, 0.2) is 11.0 Å². The van der Waals surface area contributed by atoms with E-state index in [0.29, 0.717) is 41.1 Å². The Balaban J connectivity index is 1.72. The second kappa shape index (κ2) is 9.80. The molecule has 2 aromatic carbocycles. The lowest BCUT2D eigenvalue weighted by atomic mass is 10.2. The SMILES string of the molecule is CCOc1ccccc1NC(=O)CSc1nnc(-c2cc(Br)ccc2O)n1CC. The van der Waals surface area contributed by atoms with E-state index in [-0.39, 0.29) is 17.4 Å². The van der Waals surface area contributed by atoms with E-state index in [1.165, 1.54) is 11.8 Å². The normalized spacial score (nSPS) is 10.7. The number of anilines is 1. The number of aromatic hydroxyl groups is 1. The molecular formula is C20H21BrN4O3S. The summed E-state index contributed by atoms with van der Waals surface area (Å²) in [4.78, 5) is 12.4. The van der Waals surface area contributed by atoms with Gasteiger partial charge in [0.1, 0.15) is 11.5 Å². The summed E-state index contributed by atoms with van der Waals surface area (Å²) >= 11 is 4.70. The van der Waals surface area contributed by atoms with Gasteiger partial charge < -0.3 is 19.7 Å². The first-order chi connectivity index (χ1) is 14.0. The minimum Gasteiger partial charge on any atom is -0.507 e. The quantitative estimate of drug-likeness (QED) is 0.463. The third kappa shape index (κ3) is 5.10. The molecule has 0 bridgehead atoms. The highest BCUT2D eigenvalue weighted by Gasteiger charge is 2.18. The molecule has 0 fully saturated rings. The molecule has 0 saturated heterocycles. The maximum absolute atomic E-state index is 12.4. The van der Waals surface area contributed by atoms with Crippen LogP contribution in [0.4, 0.5) is 5.69 Å². The second-order valence-corrected chi connectivity index (χ2v) is 7.84. The highest BCUT2D eigenvalue weighted by atomic mass is 79.9. The van der Waals surface area contributed by atoms with Gasteiger partial charge in [0.05, 0.1) is 23.6 Å². The first-order valence-electron chi connectivity index (χ1n) is 9.10. The van der Waals surface area contributed by atoms with Crippen molar-refractivity contribution in [2.45, 2.75) is 25.5 Å². The molecule has 7 nitrogen and oxygen atoms in total. The number of halogens is 1. The summed E-state index contributed by atoms with van der Waals surface area (Å²) in [6, 6.07) is 12.5. The lowest BCUT2D eigenvalue weighted by Crippen LogP contribution is -2.15. The largest absolute Gasteiger partial charge is 0.507 e. The van der Waals surface area contributed by atoms with Crippen molar-refractivity contribution in [3.8, 4) is 22.9 Å². The molecule has 0 aliphatic rings. The molecule has 1 aromatic heterocycles. The Morgan fingerprint density at radius 1 is 1.24 bits per heavy atom. The number of rotatable bonds is 8. The van der Waals surface area contributed by atoms with Gasteiger partial charge in [-0.3, -0.25) is 4.79 Å². The smallest absolute Gasteiger partial charge is 0.234 e. The number of benzene rings is 2. The molecule has 0 aliphatic carbocycles. The van der Waals surface area contributed by atoms with E-state index in [2.05, 4.69) is 31.4 Å². The van der Waals surface area contributed by atoms with Gasteiger partial charge in [0.25, 0.3) is 0 Å². The molecule has 0 saturated carbocycles. The summed E-state index contributed by atoms with van der Waals surface area (Å²) in [6.07, 6.45) is 0. The van der Waals surface area contributed by atoms with Crippen molar-refractivity contribution in [3.05, 3.63) is 46.9 Å². The van der Waals surface area contributed by atoms with Crippen molar-refractivity contribution in [1.82, 2.24) is 14.8 Å². The molecule has 152 valence electrons. The summed E-state index contributed by atoms with van der Waals surface area (Å²) in [5, 5.41) is 22.1. The minimum atomic E-state index is -0.167. The number of nitrogens with zero attached hydrogens (tertiary/aromatic N) is 3. The van der Waals surface area contributed by atoms with Crippen LogP contribution >= 0.6 is 27.7 Å². The first-order valence-corrected chi connectivity index (χ1v) is 10.9. The van der Waals surface area contributed by atoms with Crippen molar-refractivity contribution >= 4 is 39.3 Å². The molecule has 0 aliphatic heterocycles. The Kier molecular flexibility index (Phi) is 7.16. The van der Waals surface area contributed by atoms with Gasteiger partial charge in [-0.15, -0.1) is 10.2 Å². The fourth-order valence-electron chi connectivity index (χ4n) is 2.73. The molecule has 2 N–H and O–H groups in total. The first kappa shape index (κ1) is 21.2. The van der Waals surface area contributed by atoms with Crippen LogP contribution in [0.5, 0.6) is 11.5 Å². The van der Waals surface area contributed by atoms with Crippen LogP contribution < -0.4 is 10.1 Å². The van der Waals surface area contributed by atoms with E-state index < -0.39 is 0 Å². The molecule has 0 radical (unpaired) electrons. The lowest BCUT2D eigenvalue weighted by Gasteiger charge is -2.11. The average Bonchev–Trinajstić information content (AvgIpc) is 3.12. The Morgan fingerprint density at radius 3 is 2.79 bits per heavy atom. The van der Waals surface area contributed by atoms with E-state index in [1.54, 1.807) is 24.3 Å². The molecule has 3 aromatic rings. The standard InChI is InChI=1S/C20H21BrN4O3S/c1-3-25-19(14-11-13(21)9-10-16(14)26)23-24-20(25)29-12-18(27)22-15-7-5-6-8-17(15)28-4-2/h5-11,26H,3-4,12H2,1-2H3,(H,22,27). The second-order valence-electron chi connectivity index (χ2n) is 5.98. The van der Waals surface area contributed by atoms with Crippen molar-refractivity contribution in [2.24, 2.45) is 0 Å². The van der Waals surface area contributed by atoms with Crippen LogP contribution in [0.25, 0.3) is 11.4 Å². The minimum absolute atomic E-state index is 0.122. The number of para-hydroxylation sites is 2. The highest BCUT2D eigenvalue weighted by molar-refractivity contribution is 9.10. The van der Waals surface area contributed by atoms with Crippen molar-refractivity contribution in [1.29, 1.82) is 0 Å². The van der Waals surface area contributed by atoms with Crippen LogP contribution in [0.3, 0.4) is 0 Å². The number of carbonyl (C=O) groups excluding carboxylic acids is 1. The third-order valence-electron chi connectivity index (χ3n) is 4.03. The zero-order valence-electron chi connectivity index (χ0n) is 16.1. The van der Waals surface area contributed by atoms with Crippen LogP contribution in [-0.2, 0) is 11.3 Å². The molecule has 0 spiro atoms. The van der Waals surface area contributed by atoms with Crippen LogP contribution in [-0.4, -0.2) is 38.1 Å². The number of nitrogens with one attached hydrogen (secondary N) is 1. The zero-order valence-corrected chi connectivity index (χ0v) is 18.5. The molecule has 1 heterocycles. The van der Waals surface area contributed by atoms with Crippen LogP contribution in [0.1, 0.15) is 13.8 Å². The molecule has 0 unspecified atom stereocenters. The molecule has 1 amide bonds. The van der Waals surface area contributed by atoms with E-state index in [9.17, 15) is 9.90 Å². The van der Waals surface area contributed by atoms with Gasteiger partial charge in [-0.05, 0) is 44.2 Å². The Morgan fingerprint density at radius 2 is 2.03 bits per heavy atom. The number of amides is 1. The van der Waals surface area contributed by atoms with Gasteiger partial charge in [-0.2, -0.15) is 0 Å². The summed E-state index contributed by atoms with van der Waals surface area (Å²) in [6.45, 7) is 4.98. The van der Waals surface area contributed by atoms with E-state index in [1.807, 2.05) is 36.6 Å². The van der Waals surface area contributed by atoms with Gasteiger partial charge in [0.2, 0.25) is 5.91 Å². The number of phenols is 1. The lowest BCUT2D eigenvalue weighted by molar-refractivity contribution is -0.113. The maximum atomic E-state index is 12.4. The van der Waals surface area contributed by atoms with Crippen molar-refractivity contribution in [2.75, 3.05) is 17.7 Å². The van der Waals surface area contributed by atoms with Crippen molar-refractivity contribution < 1.29 is 14.6 Å². The number of hydrogen-bond acceptors (Lipinski definition) is 6. The average molecular weight is 477 g/mol. The predicted molar refractivity (Wildman–Crippen MR) is 117 cm³/mol. The third-order valence-corrected chi connectivity index (χ3v) is 5.49. The van der Waals surface area contributed by atoms with E-state index in [0.717, 1.165) is 4.47 Å². The summed E-state index contributed by atoms with van der Waals surface area (Å²) in [7, 11) is 0. The molecule has 3 rings (SSSR count). The number of aromatic nitrogens is 3. The molecule has 0 atom stereocenters. The Hall–Kier alpha value is -2.52. The fourth-order valence-corrected chi connectivity index (χ4v) is 3.90. The number of thioether (sulfide) groups is 1. The topological polar surface area (TPSA) is 89.3 Å². The van der Waals surface area contributed by atoms with Crippen molar-refractivity contribution in [3.63, 3.8) is 0 Å². The van der Waals surface area contributed by atoms with E-state index >= 15 is 0 Å². The summed E-state index contributed by atoms with van der Waals surface area (Å²) in [5.74, 6) is 1.31. The van der Waals surface area contributed by atoms with Gasteiger partial charge in [-0.25, -0.2) is 0 Å². The molecular weight excluding hydrogens is 456 g/mol. The fraction of sp³-hybridized carbons (Fsp3) is 0.250. The monoisotopic (exact) mass is 476 g/mol. The Bertz CT molecular complexity index is 1010. The summed E-state index contributed by atoms with van der Waals surface area (Å²) < 4.78 is 8.23. The van der Waals surface area contributed by atoms with E-state index in [4.69, 9.17) is 4.74 Å².